The van der Waals surface area contributed by atoms with Gasteiger partial charge in [-0.3, -0.25) is 0 Å². The minimum Gasteiger partial charge on any atom is -0.492 e. The van der Waals surface area contributed by atoms with Gasteiger partial charge in [-0.1, -0.05) is 48.0 Å². The van der Waals surface area contributed by atoms with Crippen LogP contribution in [0.3, 0.4) is 0 Å². The van der Waals surface area contributed by atoms with Crippen LogP contribution in [0.15, 0.2) is 48.5 Å². The molecular formula is C18H18ClNO. The van der Waals surface area contributed by atoms with E-state index in [1.807, 2.05) is 62.4 Å². The molecule has 2 aromatic carbocycles. The molecule has 0 aliphatic carbocycles. The lowest BCUT2D eigenvalue weighted by molar-refractivity contribution is 0.264. The van der Waals surface area contributed by atoms with Gasteiger partial charge < -0.3 is 4.74 Å². The third-order valence-electron chi connectivity index (χ3n) is 3.33. The van der Waals surface area contributed by atoms with E-state index in [-0.39, 0.29) is 5.41 Å². The molecule has 0 fully saturated rings. The number of ether oxygens (including phenoxy) is 1. The number of nitrogens with zero attached hydrogens (tertiary/aromatic N) is 1. The molecule has 108 valence electrons. The Morgan fingerprint density at radius 2 is 1.81 bits per heavy atom. The van der Waals surface area contributed by atoms with Gasteiger partial charge in [0.1, 0.15) is 5.75 Å². The minimum absolute atomic E-state index is 0.379. The molecule has 0 aliphatic heterocycles. The van der Waals surface area contributed by atoms with Gasteiger partial charge >= 0.3 is 0 Å². The summed E-state index contributed by atoms with van der Waals surface area (Å²) < 4.78 is 5.68. The van der Waals surface area contributed by atoms with Crippen LogP contribution in [0.25, 0.3) is 11.1 Å². The first kappa shape index (κ1) is 15.4. The van der Waals surface area contributed by atoms with Gasteiger partial charge in [0.05, 0.1) is 23.1 Å². The average Bonchev–Trinajstić information content (AvgIpc) is 2.49. The molecular weight excluding hydrogens is 282 g/mol. The summed E-state index contributed by atoms with van der Waals surface area (Å²) in [4.78, 5) is 0. The molecule has 0 spiro atoms. The van der Waals surface area contributed by atoms with Crippen molar-refractivity contribution in [1.29, 1.82) is 5.26 Å². The van der Waals surface area contributed by atoms with Crippen LogP contribution in [0.2, 0.25) is 5.02 Å². The summed E-state index contributed by atoms with van der Waals surface area (Å²) in [6.07, 6.45) is 0.667. The van der Waals surface area contributed by atoms with Crippen LogP contribution in [-0.4, -0.2) is 6.61 Å². The molecule has 0 atom stereocenters. The number of halogens is 1. The van der Waals surface area contributed by atoms with Gasteiger partial charge in [0, 0.05) is 0 Å². The second-order valence-electron chi connectivity index (χ2n) is 5.61. The van der Waals surface area contributed by atoms with E-state index in [4.69, 9.17) is 21.6 Å². The van der Waals surface area contributed by atoms with Crippen molar-refractivity contribution >= 4 is 11.6 Å². The molecule has 0 aliphatic rings. The molecule has 21 heavy (non-hydrogen) atoms. The van der Waals surface area contributed by atoms with E-state index in [0.717, 1.165) is 11.1 Å². The molecule has 0 saturated heterocycles. The van der Waals surface area contributed by atoms with Crippen LogP contribution < -0.4 is 4.74 Å². The van der Waals surface area contributed by atoms with Gasteiger partial charge in [0.25, 0.3) is 0 Å². The Morgan fingerprint density at radius 3 is 2.43 bits per heavy atom. The molecule has 2 nitrogen and oxygen atoms in total. The van der Waals surface area contributed by atoms with Crippen molar-refractivity contribution in [3.8, 4) is 22.9 Å². The first-order valence-electron chi connectivity index (χ1n) is 6.91. The van der Waals surface area contributed by atoms with Crippen molar-refractivity contribution < 1.29 is 4.74 Å². The summed E-state index contributed by atoms with van der Waals surface area (Å²) in [5.74, 6) is 0.657. The maximum absolute atomic E-state index is 8.98. The summed E-state index contributed by atoms with van der Waals surface area (Å²) >= 11 is 6.27. The Balaban J connectivity index is 2.05. The fourth-order valence-corrected chi connectivity index (χ4v) is 2.14. The van der Waals surface area contributed by atoms with E-state index in [2.05, 4.69) is 6.07 Å². The zero-order valence-corrected chi connectivity index (χ0v) is 13.0. The molecule has 0 N–H and O–H groups in total. The third kappa shape index (κ3) is 4.24. The molecule has 0 amide bonds. The molecule has 0 aromatic heterocycles. The van der Waals surface area contributed by atoms with Crippen LogP contribution >= 0.6 is 11.6 Å². The topological polar surface area (TPSA) is 33.0 Å². The highest BCUT2D eigenvalue weighted by atomic mass is 35.5. The standard InChI is InChI=1S/C18H18ClNO/c1-18(2,13-20)10-11-21-17-9-8-15(12-16(17)19)14-6-4-3-5-7-14/h3-9,12H,10-11H2,1-2H3. The summed E-state index contributed by atoms with van der Waals surface area (Å²) in [5, 5.41) is 9.57. The first-order chi connectivity index (χ1) is 10.0. The molecule has 0 unspecified atom stereocenters. The number of benzene rings is 2. The van der Waals surface area contributed by atoms with Gasteiger partial charge in [-0.25, -0.2) is 0 Å². The predicted molar refractivity (Wildman–Crippen MR) is 86.4 cm³/mol. The predicted octanol–water partition coefficient (Wildman–Crippen LogP) is 5.33. The van der Waals surface area contributed by atoms with Crippen LogP contribution in [0.5, 0.6) is 5.75 Å². The van der Waals surface area contributed by atoms with Crippen LogP contribution in [0, 0.1) is 16.7 Å². The van der Waals surface area contributed by atoms with Crippen LogP contribution in [-0.2, 0) is 0 Å². The molecule has 0 radical (unpaired) electrons. The Bertz CT molecular complexity index is 644. The SMILES string of the molecule is CC(C)(C#N)CCOc1ccc(-c2ccccc2)cc1Cl. The zero-order chi connectivity index (χ0) is 15.3. The second-order valence-corrected chi connectivity index (χ2v) is 6.01. The second kappa shape index (κ2) is 6.65. The van der Waals surface area contributed by atoms with Crippen molar-refractivity contribution in [2.45, 2.75) is 20.3 Å². The van der Waals surface area contributed by atoms with Gasteiger partial charge in [-0.2, -0.15) is 5.26 Å². The maximum atomic E-state index is 8.98. The lowest BCUT2D eigenvalue weighted by Gasteiger charge is -2.16. The Labute approximate surface area is 130 Å². The van der Waals surface area contributed by atoms with Gasteiger partial charge in [0.2, 0.25) is 0 Å². The molecule has 0 heterocycles. The highest BCUT2D eigenvalue weighted by Crippen LogP contribution is 2.31. The van der Waals surface area contributed by atoms with Gasteiger partial charge in [0.15, 0.2) is 0 Å². The highest BCUT2D eigenvalue weighted by Gasteiger charge is 2.16. The minimum atomic E-state index is -0.379. The Kier molecular flexibility index (Phi) is 4.88. The highest BCUT2D eigenvalue weighted by molar-refractivity contribution is 6.32. The normalized spacial score (nSPS) is 11.0. The number of hydrogen-bond acceptors (Lipinski definition) is 2. The van der Waals surface area contributed by atoms with Gasteiger partial charge in [-0.05, 0) is 43.5 Å². The van der Waals surface area contributed by atoms with E-state index in [1.165, 1.54) is 0 Å². The third-order valence-corrected chi connectivity index (χ3v) is 3.62. The fraction of sp³-hybridized carbons (Fsp3) is 0.278. The molecule has 0 bridgehead atoms. The molecule has 2 aromatic rings. The zero-order valence-electron chi connectivity index (χ0n) is 12.3. The quantitative estimate of drug-likeness (QED) is 0.748. The van der Waals surface area contributed by atoms with E-state index in [0.29, 0.717) is 23.8 Å². The average molecular weight is 300 g/mol. The van der Waals surface area contributed by atoms with E-state index in [1.54, 1.807) is 0 Å². The monoisotopic (exact) mass is 299 g/mol. The summed E-state index contributed by atoms with van der Waals surface area (Å²) in [6, 6.07) is 18.1. The van der Waals surface area contributed by atoms with E-state index < -0.39 is 0 Å². The summed E-state index contributed by atoms with van der Waals surface area (Å²) in [6.45, 7) is 4.28. The van der Waals surface area contributed by atoms with Crippen LogP contribution in [0.1, 0.15) is 20.3 Å². The van der Waals surface area contributed by atoms with Crippen molar-refractivity contribution in [1.82, 2.24) is 0 Å². The number of nitriles is 1. The molecule has 3 heteroatoms. The molecule has 0 saturated carbocycles. The van der Waals surface area contributed by atoms with Crippen molar-refractivity contribution in [2.75, 3.05) is 6.61 Å². The van der Waals surface area contributed by atoms with Crippen LogP contribution in [0.4, 0.5) is 0 Å². The fourth-order valence-electron chi connectivity index (χ4n) is 1.90. The van der Waals surface area contributed by atoms with E-state index in [9.17, 15) is 0 Å². The van der Waals surface area contributed by atoms with E-state index >= 15 is 0 Å². The maximum Gasteiger partial charge on any atom is 0.137 e. The summed E-state index contributed by atoms with van der Waals surface area (Å²) in [7, 11) is 0. The van der Waals surface area contributed by atoms with Gasteiger partial charge in [-0.15, -0.1) is 0 Å². The van der Waals surface area contributed by atoms with Crippen molar-refractivity contribution in [3.05, 3.63) is 53.6 Å². The summed E-state index contributed by atoms with van der Waals surface area (Å²) in [5.41, 5.74) is 1.80. The first-order valence-corrected chi connectivity index (χ1v) is 7.29. The smallest absolute Gasteiger partial charge is 0.137 e. The lowest BCUT2D eigenvalue weighted by atomic mass is 9.92. The number of rotatable bonds is 5. The van der Waals surface area contributed by atoms with Crippen molar-refractivity contribution in [3.63, 3.8) is 0 Å². The molecule has 2 rings (SSSR count). The van der Waals surface area contributed by atoms with Crippen molar-refractivity contribution in [2.24, 2.45) is 5.41 Å². The Hall–Kier alpha value is -1.98. The largest absolute Gasteiger partial charge is 0.492 e. The Morgan fingerprint density at radius 1 is 1.10 bits per heavy atom. The number of hydrogen-bond donors (Lipinski definition) is 0. The lowest BCUT2D eigenvalue weighted by Crippen LogP contribution is -2.13.